The third-order valence-corrected chi connectivity index (χ3v) is 5.56. The van der Waals surface area contributed by atoms with Crippen LogP contribution < -0.4 is 0 Å². The SMILES string of the molecule is Cc1ccc(CC2=CC3CCC(C2)N3C(=O)OCc2ccccc2)cc1F. The molecular weight excluding hydrogens is 341 g/mol. The largest absolute Gasteiger partial charge is 0.445 e. The summed E-state index contributed by atoms with van der Waals surface area (Å²) in [5, 5.41) is 0. The number of amides is 1. The molecule has 27 heavy (non-hydrogen) atoms. The van der Waals surface area contributed by atoms with Gasteiger partial charge in [-0.1, -0.05) is 54.1 Å². The Bertz CT molecular complexity index is 862. The van der Waals surface area contributed by atoms with E-state index in [0.29, 0.717) is 12.2 Å². The van der Waals surface area contributed by atoms with Crippen LogP contribution in [0.5, 0.6) is 0 Å². The first-order valence-corrected chi connectivity index (χ1v) is 9.54. The molecule has 2 aromatic rings. The molecule has 4 rings (SSSR count). The summed E-state index contributed by atoms with van der Waals surface area (Å²) in [7, 11) is 0. The summed E-state index contributed by atoms with van der Waals surface area (Å²) in [6.45, 7) is 2.08. The first-order valence-electron chi connectivity index (χ1n) is 9.54. The molecule has 0 N–H and O–H groups in total. The second-order valence-electron chi connectivity index (χ2n) is 7.54. The topological polar surface area (TPSA) is 29.5 Å². The van der Waals surface area contributed by atoms with Crippen LogP contribution in [0.15, 0.2) is 60.2 Å². The minimum atomic E-state index is -0.233. The van der Waals surface area contributed by atoms with E-state index < -0.39 is 0 Å². The summed E-state index contributed by atoms with van der Waals surface area (Å²) < 4.78 is 19.3. The van der Waals surface area contributed by atoms with Gasteiger partial charge in [0.15, 0.2) is 0 Å². The quantitative estimate of drug-likeness (QED) is 0.699. The van der Waals surface area contributed by atoms with Crippen LogP contribution >= 0.6 is 0 Å². The van der Waals surface area contributed by atoms with Gasteiger partial charge in [-0.15, -0.1) is 0 Å². The van der Waals surface area contributed by atoms with E-state index in [2.05, 4.69) is 6.08 Å². The minimum absolute atomic E-state index is 0.0947. The van der Waals surface area contributed by atoms with E-state index in [9.17, 15) is 9.18 Å². The first kappa shape index (κ1) is 17.8. The van der Waals surface area contributed by atoms with E-state index in [1.165, 1.54) is 5.57 Å². The molecule has 140 valence electrons. The number of aryl methyl sites for hydroxylation is 1. The molecule has 3 nitrogen and oxygen atoms in total. The van der Waals surface area contributed by atoms with Gasteiger partial charge in [-0.05, 0) is 55.4 Å². The number of fused-ring (bicyclic) bond motifs is 2. The number of carbonyl (C=O) groups excluding carboxylic acids is 1. The third kappa shape index (κ3) is 3.90. The van der Waals surface area contributed by atoms with E-state index in [1.54, 1.807) is 13.0 Å². The summed E-state index contributed by atoms with van der Waals surface area (Å²) in [4.78, 5) is 14.5. The number of carbonyl (C=O) groups is 1. The summed E-state index contributed by atoms with van der Waals surface area (Å²) in [5.74, 6) is -0.155. The van der Waals surface area contributed by atoms with E-state index in [1.807, 2.05) is 47.4 Å². The Morgan fingerprint density at radius 3 is 2.70 bits per heavy atom. The fraction of sp³-hybridized carbons (Fsp3) is 0.348. The zero-order valence-corrected chi connectivity index (χ0v) is 15.5. The van der Waals surface area contributed by atoms with Gasteiger partial charge < -0.3 is 4.74 Å². The first-order chi connectivity index (χ1) is 13.1. The lowest BCUT2D eigenvalue weighted by Gasteiger charge is -2.33. The van der Waals surface area contributed by atoms with Crippen LogP contribution in [0, 0.1) is 12.7 Å². The van der Waals surface area contributed by atoms with Crippen LogP contribution in [0.4, 0.5) is 9.18 Å². The predicted octanol–water partition coefficient (Wildman–Crippen LogP) is 5.18. The Hall–Kier alpha value is -2.62. The van der Waals surface area contributed by atoms with Crippen LogP contribution in [0.2, 0.25) is 0 Å². The molecule has 0 spiro atoms. The zero-order valence-electron chi connectivity index (χ0n) is 15.5. The van der Waals surface area contributed by atoms with E-state index >= 15 is 0 Å². The molecular formula is C23H24FNO2. The Balaban J connectivity index is 1.41. The van der Waals surface area contributed by atoms with Crippen molar-refractivity contribution in [2.24, 2.45) is 0 Å². The highest BCUT2D eigenvalue weighted by Gasteiger charge is 2.40. The van der Waals surface area contributed by atoms with Gasteiger partial charge in [0.1, 0.15) is 12.4 Å². The van der Waals surface area contributed by atoms with Gasteiger partial charge >= 0.3 is 6.09 Å². The van der Waals surface area contributed by atoms with Gasteiger partial charge in [-0.25, -0.2) is 9.18 Å². The number of rotatable bonds is 4. The van der Waals surface area contributed by atoms with Crippen molar-refractivity contribution >= 4 is 6.09 Å². The maximum atomic E-state index is 13.8. The summed E-state index contributed by atoms with van der Waals surface area (Å²) in [5.41, 5.74) is 3.94. The molecule has 2 aliphatic rings. The van der Waals surface area contributed by atoms with Crippen LogP contribution in [-0.4, -0.2) is 23.1 Å². The molecule has 4 heteroatoms. The maximum absolute atomic E-state index is 13.8. The van der Waals surface area contributed by atoms with Crippen molar-refractivity contribution in [3.8, 4) is 0 Å². The molecule has 2 bridgehead atoms. The number of nitrogens with zero attached hydrogens (tertiary/aromatic N) is 1. The summed E-state index contributed by atoms with van der Waals surface area (Å²) in [6, 6.07) is 15.5. The highest BCUT2D eigenvalue weighted by molar-refractivity contribution is 5.70. The Morgan fingerprint density at radius 1 is 1.15 bits per heavy atom. The van der Waals surface area contributed by atoms with Gasteiger partial charge in [0.05, 0.1) is 6.04 Å². The normalized spacial score (nSPS) is 21.1. The summed E-state index contributed by atoms with van der Waals surface area (Å²) in [6.07, 6.45) is 5.50. The number of halogens is 1. The highest BCUT2D eigenvalue weighted by atomic mass is 19.1. The highest BCUT2D eigenvalue weighted by Crippen LogP contribution is 2.36. The van der Waals surface area contributed by atoms with Crippen molar-refractivity contribution in [2.45, 2.75) is 51.3 Å². The van der Waals surface area contributed by atoms with E-state index in [-0.39, 0.29) is 24.0 Å². The molecule has 2 unspecified atom stereocenters. The molecule has 2 heterocycles. The Labute approximate surface area is 159 Å². The number of hydrogen-bond acceptors (Lipinski definition) is 2. The van der Waals surface area contributed by atoms with Crippen LogP contribution in [0.3, 0.4) is 0 Å². The van der Waals surface area contributed by atoms with Crippen molar-refractivity contribution in [1.29, 1.82) is 0 Å². The second kappa shape index (κ2) is 7.55. The van der Waals surface area contributed by atoms with E-state index in [4.69, 9.17) is 4.74 Å². The van der Waals surface area contributed by atoms with Crippen molar-refractivity contribution in [2.75, 3.05) is 0 Å². The van der Waals surface area contributed by atoms with Crippen molar-refractivity contribution in [1.82, 2.24) is 4.90 Å². The van der Waals surface area contributed by atoms with Crippen LogP contribution in [0.25, 0.3) is 0 Å². The molecule has 0 aliphatic carbocycles. The van der Waals surface area contributed by atoms with Crippen molar-refractivity contribution in [3.63, 3.8) is 0 Å². The third-order valence-electron chi connectivity index (χ3n) is 5.56. The molecule has 0 saturated carbocycles. The van der Waals surface area contributed by atoms with Gasteiger partial charge in [-0.2, -0.15) is 0 Å². The zero-order chi connectivity index (χ0) is 18.8. The van der Waals surface area contributed by atoms with Crippen LogP contribution in [-0.2, 0) is 17.8 Å². The number of hydrogen-bond donors (Lipinski definition) is 0. The standard InChI is InChI=1S/C23H24FNO2/c1-16-7-8-18(14-22(16)24)11-19-12-20-9-10-21(13-19)25(20)23(26)27-15-17-5-3-2-4-6-17/h2-8,12,14,20-21H,9-11,13,15H2,1H3. The molecule has 2 aliphatic heterocycles. The molecule has 1 fully saturated rings. The van der Waals surface area contributed by atoms with Crippen molar-refractivity contribution in [3.05, 3.63) is 82.7 Å². The average molecular weight is 365 g/mol. The predicted molar refractivity (Wildman–Crippen MR) is 103 cm³/mol. The smallest absolute Gasteiger partial charge is 0.410 e. The fourth-order valence-electron chi connectivity index (χ4n) is 4.14. The van der Waals surface area contributed by atoms with Crippen LogP contribution in [0.1, 0.15) is 36.0 Å². The Kier molecular flexibility index (Phi) is 4.97. The Morgan fingerprint density at radius 2 is 1.96 bits per heavy atom. The monoisotopic (exact) mass is 365 g/mol. The molecule has 1 saturated heterocycles. The molecule has 0 radical (unpaired) electrons. The van der Waals surface area contributed by atoms with Gasteiger partial charge in [-0.3, -0.25) is 4.90 Å². The van der Waals surface area contributed by atoms with Gasteiger partial charge in [0.25, 0.3) is 0 Å². The van der Waals surface area contributed by atoms with E-state index in [0.717, 1.165) is 36.8 Å². The fourth-order valence-corrected chi connectivity index (χ4v) is 4.14. The number of ether oxygens (including phenoxy) is 1. The number of benzene rings is 2. The lowest BCUT2D eigenvalue weighted by atomic mass is 9.95. The molecule has 2 aromatic carbocycles. The van der Waals surface area contributed by atoms with Gasteiger partial charge in [0.2, 0.25) is 0 Å². The molecule has 0 aromatic heterocycles. The second-order valence-corrected chi connectivity index (χ2v) is 7.54. The van der Waals surface area contributed by atoms with Crippen molar-refractivity contribution < 1.29 is 13.9 Å². The molecule has 2 atom stereocenters. The lowest BCUT2D eigenvalue weighted by molar-refractivity contribution is 0.0816. The summed E-state index contributed by atoms with van der Waals surface area (Å²) >= 11 is 0. The minimum Gasteiger partial charge on any atom is -0.445 e. The lowest BCUT2D eigenvalue weighted by Crippen LogP contribution is -2.43. The molecule has 1 amide bonds. The average Bonchev–Trinajstić information content (AvgIpc) is 2.94. The maximum Gasteiger partial charge on any atom is 0.410 e. The van der Waals surface area contributed by atoms with Gasteiger partial charge in [0, 0.05) is 6.04 Å².